The van der Waals surface area contributed by atoms with Crippen molar-refractivity contribution in [3.8, 4) is 0 Å². The van der Waals surface area contributed by atoms with Crippen LogP contribution in [-0.2, 0) is 9.53 Å². The molecule has 1 aliphatic heterocycles. The molecule has 4 rings (SSSR count). The van der Waals surface area contributed by atoms with Crippen molar-refractivity contribution in [2.45, 2.75) is 19.0 Å². The zero-order chi connectivity index (χ0) is 23.1. The summed E-state index contributed by atoms with van der Waals surface area (Å²) in [6.07, 6.45) is 3.82. The molecule has 3 aromatic carbocycles. The lowest BCUT2D eigenvalue weighted by Crippen LogP contribution is -2.29. The highest BCUT2D eigenvalue weighted by molar-refractivity contribution is 7.74. The van der Waals surface area contributed by atoms with Gasteiger partial charge in [-0.3, -0.25) is 0 Å². The largest absolute Gasteiger partial charge is 0.463 e. The predicted octanol–water partition coefficient (Wildman–Crippen LogP) is 6.02. The molecule has 1 atom stereocenters. The molecule has 0 radical (unpaired) electrons. The maximum absolute atomic E-state index is 12.7. The normalized spacial score (nSPS) is 16.2. The minimum absolute atomic E-state index is 0.215. The molecule has 1 heterocycles. The van der Waals surface area contributed by atoms with E-state index in [0.29, 0.717) is 26.1 Å². The number of carbonyl (C=O) groups excluding carboxylic acids is 1. The SMILES string of the molecule is CCOC(=O)/C=C/CC(c1ccccc1)[P+]1(O)N(c2ccccc2)CCN1c1ccccc1. The van der Waals surface area contributed by atoms with Crippen LogP contribution in [0.25, 0.3) is 0 Å². The lowest BCUT2D eigenvalue weighted by Gasteiger charge is -2.36. The van der Waals surface area contributed by atoms with Crippen molar-refractivity contribution < 1.29 is 14.4 Å². The summed E-state index contributed by atoms with van der Waals surface area (Å²) in [7, 11) is -2.93. The molecule has 33 heavy (non-hydrogen) atoms. The summed E-state index contributed by atoms with van der Waals surface area (Å²) in [4.78, 5) is 24.7. The van der Waals surface area contributed by atoms with Gasteiger partial charge in [0.1, 0.15) is 0 Å². The van der Waals surface area contributed by atoms with Crippen molar-refractivity contribution in [2.24, 2.45) is 0 Å². The number of ether oxygens (including phenoxy) is 1. The molecule has 0 aromatic heterocycles. The molecule has 5 nitrogen and oxygen atoms in total. The van der Waals surface area contributed by atoms with Crippen molar-refractivity contribution in [2.75, 3.05) is 29.0 Å². The minimum Gasteiger partial charge on any atom is -0.463 e. The molecular formula is C27H30N2O3P+. The maximum atomic E-state index is 12.7. The van der Waals surface area contributed by atoms with Crippen LogP contribution < -0.4 is 9.34 Å². The van der Waals surface area contributed by atoms with Gasteiger partial charge in [-0.05, 0) is 36.8 Å². The Morgan fingerprint density at radius 2 is 1.39 bits per heavy atom. The van der Waals surface area contributed by atoms with Gasteiger partial charge >= 0.3 is 13.8 Å². The summed E-state index contributed by atoms with van der Waals surface area (Å²) in [6, 6.07) is 30.3. The third-order valence-corrected chi connectivity index (χ3v) is 9.47. The zero-order valence-corrected chi connectivity index (χ0v) is 19.7. The van der Waals surface area contributed by atoms with Gasteiger partial charge in [0, 0.05) is 12.5 Å². The van der Waals surface area contributed by atoms with Gasteiger partial charge in [0.05, 0.1) is 31.1 Å². The van der Waals surface area contributed by atoms with E-state index < -0.39 is 7.79 Å². The number of hydrogen-bond acceptors (Lipinski definition) is 5. The van der Waals surface area contributed by atoms with Gasteiger partial charge in [0.15, 0.2) is 5.66 Å². The van der Waals surface area contributed by atoms with Crippen LogP contribution in [0.3, 0.4) is 0 Å². The first-order valence-corrected chi connectivity index (χ1v) is 13.0. The van der Waals surface area contributed by atoms with Crippen LogP contribution in [0.5, 0.6) is 0 Å². The Morgan fingerprint density at radius 1 is 0.909 bits per heavy atom. The van der Waals surface area contributed by atoms with Gasteiger partial charge in [-0.1, -0.05) is 72.8 Å². The second-order valence-corrected chi connectivity index (χ2v) is 10.7. The van der Waals surface area contributed by atoms with E-state index in [1.165, 1.54) is 6.08 Å². The number of anilines is 2. The third kappa shape index (κ3) is 4.95. The van der Waals surface area contributed by atoms with Crippen molar-refractivity contribution in [1.29, 1.82) is 0 Å². The number of esters is 1. The number of allylic oxidation sites excluding steroid dienone is 1. The molecular weight excluding hydrogens is 431 g/mol. The molecule has 1 aliphatic rings. The van der Waals surface area contributed by atoms with Gasteiger partial charge in [0.2, 0.25) is 0 Å². The molecule has 6 heteroatoms. The van der Waals surface area contributed by atoms with Crippen molar-refractivity contribution in [3.63, 3.8) is 0 Å². The molecule has 1 fully saturated rings. The second-order valence-electron chi connectivity index (χ2n) is 7.85. The molecule has 1 unspecified atom stereocenters. The van der Waals surface area contributed by atoms with Crippen LogP contribution in [0.1, 0.15) is 24.6 Å². The molecule has 0 amide bonds. The molecule has 170 valence electrons. The Balaban J connectivity index is 1.80. The molecule has 0 bridgehead atoms. The number of rotatable bonds is 8. The highest BCUT2D eigenvalue weighted by atomic mass is 31.2. The fraction of sp³-hybridized carbons (Fsp3) is 0.222. The summed E-state index contributed by atoms with van der Waals surface area (Å²) in [6.45, 7) is 3.56. The number of benzene rings is 3. The fourth-order valence-electron chi connectivity index (χ4n) is 4.39. The van der Waals surface area contributed by atoms with E-state index in [1.54, 1.807) is 6.92 Å². The second kappa shape index (κ2) is 10.7. The quantitative estimate of drug-likeness (QED) is 0.253. The first-order chi connectivity index (χ1) is 16.1. The maximum Gasteiger partial charge on any atom is 0.338 e. The minimum atomic E-state index is -2.93. The Hall–Kier alpha value is -3.14. The zero-order valence-electron chi connectivity index (χ0n) is 18.8. The van der Waals surface area contributed by atoms with E-state index in [1.807, 2.05) is 60.7 Å². The first kappa shape index (κ1) is 23.0. The Labute approximate surface area is 196 Å². The smallest absolute Gasteiger partial charge is 0.338 e. The van der Waals surface area contributed by atoms with Crippen LogP contribution in [0.2, 0.25) is 0 Å². The number of nitrogens with zero attached hydrogens (tertiary/aromatic N) is 2. The average molecular weight is 462 g/mol. The van der Waals surface area contributed by atoms with E-state index in [4.69, 9.17) is 4.74 Å². The molecule has 1 saturated heterocycles. The highest BCUT2D eigenvalue weighted by Crippen LogP contribution is 2.76. The van der Waals surface area contributed by atoms with Crippen LogP contribution >= 0.6 is 7.79 Å². The summed E-state index contributed by atoms with van der Waals surface area (Å²) < 4.78 is 9.41. The highest BCUT2D eigenvalue weighted by Gasteiger charge is 2.61. The topological polar surface area (TPSA) is 53.0 Å². The Bertz CT molecular complexity index is 1010. The average Bonchev–Trinajstić information content (AvgIpc) is 3.21. The molecule has 3 aromatic rings. The van der Waals surface area contributed by atoms with Gasteiger partial charge in [0.25, 0.3) is 0 Å². The van der Waals surface area contributed by atoms with E-state index >= 15 is 0 Å². The summed E-state index contributed by atoms with van der Waals surface area (Å²) in [5.74, 6) is -0.360. The summed E-state index contributed by atoms with van der Waals surface area (Å²) in [5.41, 5.74) is 2.84. The van der Waals surface area contributed by atoms with E-state index in [2.05, 4.69) is 45.7 Å². The van der Waals surface area contributed by atoms with Crippen LogP contribution in [0, 0.1) is 0 Å². The fourth-order valence-corrected chi connectivity index (χ4v) is 8.01. The van der Waals surface area contributed by atoms with Crippen LogP contribution in [0.15, 0.2) is 103 Å². The summed E-state index contributed by atoms with van der Waals surface area (Å²) >= 11 is 0. The lowest BCUT2D eigenvalue weighted by atomic mass is 10.1. The van der Waals surface area contributed by atoms with Crippen molar-refractivity contribution >= 4 is 25.1 Å². The third-order valence-electron chi connectivity index (χ3n) is 5.85. The standard InChI is InChI=1S/C27H30N2O3P/c1-2-32-27(30)20-12-19-26(23-13-6-3-7-14-23)33(31)28(24-15-8-4-9-16-24)21-22-29(33)25-17-10-5-11-18-25/h3-18,20,26,31H,2,19,21-22H2,1H3/q+1/b20-12+. The molecule has 0 aliphatic carbocycles. The monoisotopic (exact) mass is 461 g/mol. The van der Waals surface area contributed by atoms with Crippen molar-refractivity contribution in [3.05, 3.63) is 109 Å². The van der Waals surface area contributed by atoms with Crippen LogP contribution in [-0.4, -0.2) is 30.6 Å². The first-order valence-electron chi connectivity index (χ1n) is 11.3. The van der Waals surface area contributed by atoms with E-state index in [9.17, 15) is 9.69 Å². The van der Waals surface area contributed by atoms with Crippen molar-refractivity contribution in [1.82, 2.24) is 0 Å². The van der Waals surface area contributed by atoms with E-state index in [0.717, 1.165) is 16.9 Å². The van der Waals surface area contributed by atoms with Gasteiger partial charge in [-0.25, -0.2) is 19.0 Å². The Morgan fingerprint density at radius 3 is 1.88 bits per heavy atom. The molecule has 1 N–H and O–H groups in total. The van der Waals surface area contributed by atoms with Gasteiger partial charge in [-0.15, -0.1) is 0 Å². The number of para-hydroxylation sites is 2. The van der Waals surface area contributed by atoms with Gasteiger partial charge < -0.3 is 4.74 Å². The summed E-state index contributed by atoms with van der Waals surface area (Å²) in [5, 5.41) is 0. The van der Waals surface area contributed by atoms with Crippen LogP contribution in [0.4, 0.5) is 11.4 Å². The lowest BCUT2D eigenvalue weighted by molar-refractivity contribution is -0.137. The number of hydrogen-bond donors (Lipinski definition) is 1. The predicted molar refractivity (Wildman–Crippen MR) is 136 cm³/mol. The Kier molecular flexibility index (Phi) is 7.43. The molecule has 0 spiro atoms. The molecule has 0 saturated carbocycles. The van der Waals surface area contributed by atoms with Gasteiger partial charge in [-0.2, -0.15) is 0 Å². The van der Waals surface area contributed by atoms with E-state index in [-0.39, 0.29) is 11.6 Å². The number of carbonyl (C=O) groups is 1.